The minimum absolute atomic E-state index is 0.0833. The number of aryl methyl sites for hydroxylation is 1. The molecule has 3 aliphatic carbocycles. The molecular weight excluding hydrogens is 428 g/mol. The molecule has 1 unspecified atom stereocenters. The zero-order valence-corrected chi connectivity index (χ0v) is 21.4. The topological polar surface area (TPSA) is 91.7 Å². The predicted octanol–water partition coefficient (Wildman–Crippen LogP) is 5.32. The Bertz CT molecular complexity index is 1200. The van der Waals surface area contributed by atoms with Gasteiger partial charge in [-0.15, -0.1) is 0 Å². The molecule has 0 aromatic heterocycles. The van der Waals surface area contributed by atoms with Gasteiger partial charge in [0.1, 0.15) is 5.76 Å². The number of aliphatic hydroxyl groups excluding tert-OH is 1. The van der Waals surface area contributed by atoms with Crippen LogP contribution in [-0.4, -0.2) is 33.2 Å². The van der Waals surface area contributed by atoms with Crippen molar-refractivity contribution in [3.8, 4) is 0 Å². The summed E-state index contributed by atoms with van der Waals surface area (Å²) < 4.78 is 0. The van der Waals surface area contributed by atoms with Crippen LogP contribution >= 0.6 is 0 Å². The van der Waals surface area contributed by atoms with Gasteiger partial charge in [-0.25, -0.2) is 0 Å². The van der Waals surface area contributed by atoms with Crippen molar-refractivity contribution in [1.29, 1.82) is 0 Å². The molecule has 2 N–H and O–H groups in total. The van der Waals surface area contributed by atoms with Gasteiger partial charge in [-0.3, -0.25) is 14.4 Å². The molecule has 0 radical (unpaired) electrons. The fourth-order valence-electron chi connectivity index (χ4n) is 7.29. The Morgan fingerprint density at radius 1 is 1.12 bits per heavy atom. The summed E-state index contributed by atoms with van der Waals surface area (Å²) in [6, 6.07) is 4.10. The summed E-state index contributed by atoms with van der Waals surface area (Å²) in [6.45, 7) is 13.0. The molecule has 5 nitrogen and oxygen atoms in total. The first kappa shape index (κ1) is 24.6. The SMILES string of the molecule is CCCC(C)c1ccc(C)c2c1C[C@]1(C)C[C@]3(C)CC(C)=C(C(C)=O)C(=O)[C@]3(O)C(=O)C1=C2O. The van der Waals surface area contributed by atoms with Gasteiger partial charge in [0.25, 0.3) is 0 Å². The average molecular weight is 465 g/mol. The first-order valence-electron chi connectivity index (χ1n) is 12.3. The van der Waals surface area contributed by atoms with Crippen molar-refractivity contribution in [3.05, 3.63) is 51.1 Å². The third kappa shape index (κ3) is 3.05. The lowest BCUT2D eigenvalue weighted by Gasteiger charge is -2.56. The molecule has 0 aliphatic heterocycles. The smallest absolute Gasteiger partial charge is 0.206 e. The molecule has 0 spiro atoms. The van der Waals surface area contributed by atoms with Gasteiger partial charge in [-0.2, -0.15) is 0 Å². The van der Waals surface area contributed by atoms with E-state index in [9.17, 15) is 24.6 Å². The van der Waals surface area contributed by atoms with E-state index >= 15 is 0 Å². The second kappa shape index (κ2) is 7.74. The molecule has 1 fully saturated rings. The summed E-state index contributed by atoms with van der Waals surface area (Å²) in [5.74, 6) is -1.85. The van der Waals surface area contributed by atoms with Crippen LogP contribution in [0.25, 0.3) is 5.76 Å². The Morgan fingerprint density at radius 2 is 1.76 bits per heavy atom. The Kier molecular flexibility index (Phi) is 5.60. The number of allylic oxidation sites excluding steroid dienone is 1. The fourth-order valence-corrected chi connectivity index (χ4v) is 7.29. The number of carbonyl (C=O) groups excluding carboxylic acids is 3. The van der Waals surface area contributed by atoms with Crippen LogP contribution in [0.4, 0.5) is 0 Å². The number of ketones is 3. The predicted molar refractivity (Wildman–Crippen MR) is 132 cm³/mol. The van der Waals surface area contributed by atoms with Crippen molar-refractivity contribution in [2.24, 2.45) is 10.8 Å². The summed E-state index contributed by atoms with van der Waals surface area (Å²) in [5.41, 5.74) is 0.230. The number of rotatable bonds is 4. The standard InChI is InChI=1S/C29H36O5/c1-8-9-15(2)19-11-10-16(3)22-20(19)13-27(6)14-28(7)12-17(4)21(18(5)30)25(32)29(28,34)26(33)23(27)24(22)31/h10-11,15,31,34H,8-9,12-14H2,1-7H3/t15?,27-,28+,29+/m1/s1. The van der Waals surface area contributed by atoms with E-state index in [1.165, 1.54) is 12.5 Å². The van der Waals surface area contributed by atoms with Crippen molar-refractivity contribution in [2.75, 3.05) is 0 Å². The summed E-state index contributed by atoms with van der Waals surface area (Å²) in [6.07, 6.45) is 3.25. The average Bonchev–Trinajstić information content (AvgIpc) is 2.70. The largest absolute Gasteiger partial charge is 0.507 e. The molecule has 4 rings (SSSR count). The highest BCUT2D eigenvalue weighted by Crippen LogP contribution is 2.62. The second-order valence-corrected chi connectivity index (χ2v) is 11.5. The Labute approximate surface area is 202 Å². The van der Waals surface area contributed by atoms with Gasteiger partial charge < -0.3 is 10.2 Å². The maximum atomic E-state index is 14.0. The van der Waals surface area contributed by atoms with E-state index < -0.39 is 33.8 Å². The van der Waals surface area contributed by atoms with E-state index in [4.69, 9.17) is 0 Å². The van der Waals surface area contributed by atoms with Gasteiger partial charge in [0.15, 0.2) is 11.4 Å². The Balaban J connectivity index is 1.98. The van der Waals surface area contributed by atoms with E-state index in [2.05, 4.69) is 19.9 Å². The Morgan fingerprint density at radius 3 is 2.35 bits per heavy atom. The van der Waals surface area contributed by atoms with Crippen LogP contribution < -0.4 is 0 Å². The maximum absolute atomic E-state index is 14.0. The van der Waals surface area contributed by atoms with E-state index in [-0.39, 0.29) is 23.3 Å². The molecule has 0 bridgehead atoms. The van der Waals surface area contributed by atoms with E-state index in [1.54, 1.807) is 13.8 Å². The van der Waals surface area contributed by atoms with Crippen molar-refractivity contribution in [3.63, 3.8) is 0 Å². The zero-order chi connectivity index (χ0) is 25.4. The van der Waals surface area contributed by atoms with E-state index in [1.807, 2.05) is 19.9 Å². The quantitative estimate of drug-likeness (QED) is 0.465. The van der Waals surface area contributed by atoms with Crippen LogP contribution in [0.15, 0.2) is 28.9 Å². The number of hydrogen-bond acceptors (Lipinski definition) is 5. The molecular formula is C29H36O5. The zero-order valence-electron chi connectivity index (χ0n) is 21.4. The number of carbonyl (C=O) groups is 3. The van der Waals surface area contributed by atoms with Crippen molar-refractivity contribution in [2.45, 2.75) is 92.1 Å². The molecule has 182 valence electrons. The monoisotopic (exact) mass is 464 g/mol. The molecule has 4 atom stereocenters. The first-order chi connectivity index (χ1) is 15.7. The van der Waals surface area contributed by atoms with Gasteiger partial charge in [0.2, 0.25) is 11.6 Å². The number of fused-ring (bicyclic) bond motifs is 3. The second-order valence-electron chi connectivity index (χ2n) is 11.5. The number of Topliss-reactive ketones (excluding diaryl/α,β-unsaturated/α-hetero) is 3. The van der Waals surface area contributed by atoms with Gasteiger partial charge in [0.05, 0.1) is 5.57 Å². The van der Waals surface area contributed by atoms with Crippen LogP contribution in [0, 0.1) is 17.8 Å². The first-order valence-corrected chi connectivity index (χ1v) is 12.3. The summed E-state index contributed by atoms with van der Waals surface area (Å²) >= 11 is 0. The van der Waals surface area contributed by atoms with Crippen LogP contribution in [-0.2, 0) is 20.8 Å². The highest BCUT2D eigenvalue weighted by atomic mass is 16.3. The highest BCUT2D eigenvalue weighted by molar-refractivity contribution is 6.33. The molecule has 34 heavy (non-hydrogen) atoms. The van der Waals surface area contributed by atoms with Crippen molar-refractivity contribution >= 4 is 23.1 Å². The van der Waals surface area contributed by atoms with E-state index in [0.29, 0.717) is 29.9 Å². The number of benzene rings is 1. The minimum atomic E-state index is -2.37. The van der Waals surface area contributed by atoms with Gasteiger partial charge in [-0.05, 0) is 69.1 Å². The third-order valence-corrected chi connectivity index (χ3v) is 8.65. The molecule has 0 amide bonds. The normalized spacial score (nSPS) is 31.8. The van der Waals surface area contributed by atoms with Crippen molar-refractivity contribution < 1.29 is 24.6 Å². The van der Waals surface area contributed by atoms with Crippen LogP contribution in [0.5, 0.6) is 0 Å². The molecule has 5 heteroatoms. The summed E-state index contributed by atoms with van der Waals surface area (Å²) in [7, 11) is 0. The lowest BCUT2D eigenvalue weighted by atomic mass is 9.46. The van der Waals surface area contributed by atoms with Crippen LogP contribution in [0.3, 0.4) is 0 Å². The molecule has 1 saturated carbocycles. The van der Waals surface area contributed by atoms with Gasteiger partial charge in [-0.1, -0.05) is 51.8 Å². The van der Waals surface area contributed by atoms with Crippen LogP contribution in [0.2, 0.25) is 0 Å². The van der Waals surface area contributed by atoms with Gasteiger partial charge in [0, 0.05) is 22.0 Å². The van der Waals surface area contributed by atoms with Gasteiger partial charge >= 0.3 is 0 Å². The summed E-state index contributed by atoms with van der Waals surface area (Å²) in [5, 5.41) is 23.4. The molecule has 1 aromatic rings. The maximum Gasteiger partial charge on any atom is 0.206 e. The molecule has 3 aliphatic rings. The van der Waals surface area contributed by atoms with Crippen molar-refractivity contribution in [1.82, 2.24) is 0 Å². The van der Waals surface area contributed by atoms with E-state index in [0.717, 1.165) is 24.0 Å². The summed E-state index contributed by atoms with van der Waals surface area (Å²) in [4.78, 5) is 39.8. The molecule has 0 saturated heterocycles. The third-order valence-electron chi connectivity index (χ3n) is 8.65. The Hall–Kier alpha value is -2.53. The molecule has 0 heterocycles. The fraction of sp³-hybridized carbons (Fsp3) is 0.552. The number of aliphatic hydroxyl groups is 2. The van der Waals surface area contributed by atoms with Crippen LogP contribution in [0.1, 0.15) is 95.4 Å². The lowest BCUT2D eigenvalue weighted by Crippen LogP contribution is -2.67. The minimum Gasteiger partial charge on any atom is -0.507 e. The lowest BCUT2D eigenvalue weighted by molar-refractivity contribution is -0.171. The number of hydrogen-bond donors (Lipinski definition) is 2. The highest BCUT2D eigenvalue weighted by Gasteiger charge is 2.69. The molecule has 1 aromatic carbocycles.